The van der Waals surface area contributed by atoms with E-state index in [9.17, 15) is 4.79 Å². The van der Waals surface area contributed by atoms with Crippen molar-refractivity contribution in [1.82, 2.24) is 0 Å². The molecular formula is C22H38O2. The van der Waals surface area contributed by atoms with Crippen LogP contribution in [0.4, 0.5) is 0 Å². The Balaban J connectivity index is 1.75. The van der Waals surface area contributed by atoms with Gasteiger partial charge in [-0.05, 0) is 95.8 Å². The maximum atomic E-state index is 13.0. The third-order valence-electron chi connectivity index (χ3n) is 7.19. The average Bonchev–Trinajstić information content (AvgIpc) is 2.33. The topological polar surface area (TPSA) is 26.3 Å². The molecule has 0 aliphatic heterocycles. The van der Waals surface area contributed by atoms with E-state index in [0.29, 0.717) is 0 Å². The highest BCUT2D eigenvalue weighted by atomic mass is 16.6. The molecule has 0 aromatic carbocycles. The first-order chi connectivity index (χ1) is 10.8. The largest absolute Gasteiger partial charge is 0.459 e. The number of rotatable bonds is 4. The molecule has 2 heteroatoms. The molecule has 24 heavy (non-hydrogen) atoms. The number of carbonyl (C=O) groups excluding carboxylic acids is 1. The van der Waals surface area contributed by atoms with Crippen molar-refractivity contribution in [3.63, 3.8) is 0 Å². The summed E-state index contributed by atoms with van der Waals surface area (Å²) in [6, 6.07) is 0. The summed E-state index contributed by atoms with van der Waals surface area (Å²) in [7, 11) is 0. The van der Waals surface area contributed by atoms with Gasteiger partial charge >= 0.3 is 5.97 Å². The maximum Gasteiger partial charge on any atom is 0.312 e. The Hall–Kier alpha value is -0.530. The minimum Gasteiger partial charge on any atom is -0.459 e. The van der Waals surface area contributed by atoms with Crippen LogP contribution in [-0.2, 0) is 9.53 Å². The molecule has 0 saturated heterocycles. The highest BCUT2D eigenvalue weighted by Gasteiger charge is 2.59. The van der Waals surface area contributed by atoms with E-state index in [1.807, 2.05) is 0 Å². The predicted octanol–water partition coefficient (Wildman–Crippen LogP) is 5.99. The summed E-state index contributed by atoms with van der Waals surface area (Å²) in [6.45, 7) is 15.1. The molecule has 4 saturated carbocycles. The minimum absolute atomic E-state index is 0.00169. The predicted molar refractivity (Wildman–Crippen MR) is 98.6 cm³/mol. The van der Waals surface area contributed by atoms with E-state index in [4.69, 9.17) is 4.74 Å². The highest BCUT2D eigenvalue weighted by Crippen LogP contribution is 2.64. The van der Waals surface area contributed by atoms with Crippen LogP contribution in [0.25, 0.3) is 0 Å². The summed E-state index contributed by atoms with van der Waals surface area (Å²) in [5.74, 6) is 2.66. The molecule has 0 unspecified atom stereocenters. The first-order valence-corrected chi connectivity index (χ1v) is 10.1. The third kappa shape index (κ3) is 3.27. The number of carbonyl (C=O) groups is 1. The summed E-state index contributed by atoms with van der Waals surface area (Å²) in [6.07, 6.45) is 8.98. The van der Waals surface area contributed by atoms with Crippen LogP contribution in [0.15, 0.2) is 0 Å². The van der Waals surface area contributed by atoms with Gasteiger partial charge in [-0.3, -0.25) is 4.79 Å². The molecule has 4 aliphatic rings. The third-order valence-corrected chi connectivity index (χ3v) is 7.19. The van der Waals surface area contributed by atoms with E-state index in [1.54, 1.807) is 0 Å². The molecule has 0 atom stereocenters. The lowest BCUT2D eigenvalue weighted by Crippen LogP contribution is -2.58. The van der Waals surface area contributed by atoms with Gasteiger partial charge in [0.15, 0.2) is 0 Å². The molecule has 0 N–H and O–H groups in total. The Morgan fingerprint density at radius 2 is 1.29 bits per heavy atom. The fourth-order valence-electron chi connectivity index (χ4n) is 6.72. The number of hydrogen-bond donors (Lipinski definition) is 0. The van der Waals surface area contributed by atoms with Crippen LogP contribution < -0.4 is 0 Å². The van der Waals surface area contributed by atoms with Crippen molar-refractivity contribution in [3.05, 3.63) is 0 Å². The van der Waals surface area contributed by atoms with Gasteiger partial charge in [0.1, 0.15) is 5.60 Å². The minimum atomic E-state index is -0.419. The fourth-order valence-corrected chi connectivity index (χ4v) is 6.72. The van der Waals surface area contributed by atoms with E-state index in [0.717, 1.165) is 24.2 Å². The molecule has 138 valence electrons. The molecule has 4 rings (SSSR count). The Labute approximate surface area is 149 Å². The van der Waals surface area contributed by atoms with E-state index in [-0.39, 0.29) is 22.4 Å². The molecule has 0 heterocycles. The highest BCUT2D eigenvalue weighted by molar-refractivity contribution is 5.76. The Bertz CT molecular complexity index is 471. The van der Waals surface area contributed by atoms with Crippen molar-refractivity contribution in [2.75, 3.05) is 0 Å². The molecule has 0 aromatic rings. The quantitative estimate of drug-likeness (QED) is 0.590. The van der Waals surface area contributed by atoms with Crippen LogP contribution in [0, 0.1) is 34.0 Å². The SMILES string of the molecule is CC(C)(C)CC(C)(C)C(=O)OC(C)(C)C12CC3CC(CC(C3)C1)C2. The van der Waals surface area contributed by atoms with Crippen LogP contribution in [0.5, 0.6) is 0 Å². The summed E-state index contributed by atoms with van der Waals surface area (Å²) in [5, 5.41) is 0. The molecule has 2 nitrogen and oxygen atoms in total. The second kappa shape index (κ2) is 5.48. The second-order valence-corrected chi connectivity index (χ2v) is 11.7. The van der Waals surface area contributed by atoms with Crippen LogP contribution in [-0.4, -0.2) is 11.6 Å². The lowest BCUT2D eigenvalue weighted by atomic mass is 9.46. The first kappa shape index (κ1) is 18.3. The van der Waals surface area contributed by atoms with Gasteiger partial charge in [0.25, 0.3) is 0 Å². The number of hydrogen-bond acceptors (Lipinski definition) is 2. The van der Waals surface area contributed by atoms with Gasteiger partial charge in [-0.25, -0.2) is 0 Å². The van der Waals surface area contributed by atoms with Gasteiger partial charge in [-0.15, -0.1) is 0 Å². The average molecular weight is 335 g/mol. The Kier molecular flexibility index (Phi) is 4.17. The standard InChI is InChI=1S/C22H38O2/c1-19(2,3)14-20(4,5)18(23)24-21(6,7)22-11-15-8-16(12-22)10-17(9-15)13-22/h15-17H,8-14H2,1-7H3. The van der Waals surface area contributed by atoms with Gasteiger partial charge in [-0.2, -0.15) is 0 Å². The van der Waals surface area contributed by atoms with Gasteiger partial charge in [-0.1, -0.05) is 20.8 Å². The van der Waals surface area contributed by atoms with Crippen LogP contribution in [0.2, 0.25) is 0 Å². The second-order valence-electron chi connectivity index (χ2n) is 11.7. The van der Waals surface area contributed by atoms with Gasteiger partial charge < -0.3 is 4.74 Å². The zero-order valence-electron chi connectivity index (χ0n) is 17.0. The van der Waals surface area contributed by atoms with Gasteiger partial charge in [0.2, 0.25) is 0 Å². The monoisotopic (exact) mass is 334 g/mol. The van der Waals surface area contributed by atoms with E-state index < -0.39 is 5.41 Å². The molecule has 4 fully saturated rings. The fraction of sp³-hybridized carbons (Fsp3) is 0.955. The molecular weight excluding hydrogens is 296 g/mol. The van der Waals surface area contributed by atoms with Gasteiger partial charge in [0, 0.05) is 5.41 Å². The number of ether oxygens (including phenoxy) is 1. The molecule has 0 amide bonds. The zero-order chi connectivity index (χ0) is 18.0. The summed E-state index contributed by atoms with van der Waals surface area (Å²) >= 11 is 0. The van der Waals surface area contributed by atoms with Crippen LogP contribution in [0.3, 0.4) is 0 Å². The summed E-state index contributed by atoms with van der Waals surface area (Å²) < 4.78 is 6.29. The first-order valence-electron chi connectivity index (χ1n) is 10.1. The normalized spacial score (nSPS) is 36.0. The van der Waals surface area contributed by atoms with Crippen LogP contribution >= 0.6 is 0 Å². The molecule has 4 aliphatic carbocycles. The van der Waals surface area contributed by atoms with Crippen molar-refractivity contribution in [2.45, 2.75) is 99.0 Å². The van der Waals surface area contributed by atoms with Crippen molar-refractivity contribution in [2.24, 2.45) is 34.0 Å². The van der Waals surface area contributed by atoms with Crippen molar-refractivity contribution >= 4 is 5.97 Å². The van der Waals surface area contributed by atoms with Crippen molar-refractivity contribution < 1.29 is 9.53 Å². The lowest BCUT2D eigenvalue weighted by molar-refractivity contribution is -0.207. The zero-order valence-corrected chi connectivity index (χ0v) is 17.0. The van der Waals surface area contributed by atoms with Crippen LogP contribution in [0.1, 0.15) is 93.4 Å². The van der Waals surface area contributed by atoms with E-state index in [2.05, 4.69) is 48.5 Å². The molecule has 0 aromatic heterocycles. The van der Waals surface area contributed by atoms with E-state index >= 15 is 0 Å². The lowest BCUT2D eigenvalue weighted by Gasteiger charge is -2.61. The van der Waals surface area contributed by atoms with Crippen molar-refractivity contribution in [1.29, 1.82) is 0 Å². The molecule has 4 bridgehead atoms. The molecule has 0 spiro atoms. The Morgan fingerprint density at radius 1 is 0.875 bits per heavy atom. The summed E-state index contributed by atoms with van der Waals surface area (Å²) in [5.41, 5.74) is -0.393. The maximum absolute atomic E-state index is 13.0. The molecule has 0 radical (unpaired) electrons. The smallest absolute Gasteiger partial charge is 0.312 e. The number of esters is 1. The van der Waals surface area contributed by atoms with Crippen molar-refractivity contribution in [3.8, 4) is 0 Å². The Morgan fingerprint density at radius 3 is 1.67 bits per heavy atom. The summed E-state index contributed by atoms with van der Waals surface area (Å²) in [4.78, 5) is 13.0. The van der Waals surface area contributed by atoms with Gasteiger partial charge in [0.05, 0.1) is 5.41 Å². The van der Waals surface area contributed by atoms with E-state index in [1.165, 1.54) is 38.5 Å².